The molecule has 2 amide bonds. The molecular formula is C18H20N2O3. The Hall–Kier alpha value is -2.53. The van der Waals surface area contributed by atoms with Gasteiger partial charge < -0.3 is 20.5 Å². The van der Waals surface area contributed by atoms with Crippen molar-refractivity contribution in [3.63, 3.8) is 0 Å². The molecule has 2 aromatic carbocycles. The third-order valence-electron chi connectivity index (χ3n) is 3.90. The monoisotopic (exact) mass is 312 g/mol. The molecular weight excluding hydrogens is 292 g/mol. The topological polar surface area (TPSA) is 70.6 Å². The van der Waals surface area contributed by atoms with E-state index in [1.165, 1.54) is 0 Å². The highest BCUT2D eigenvalue weighted by atomic mass is 16.5. The molecule has 0 aromatic heterocycles. The van der Waals surface area contributed by atoms with Crippen LogP contribution in [0.15, 0.2) is 54.6 Å². The van der Waals surface area contributed by atoms with Gasteiger partial charge >= 0.3 is 6.03 Å². The molecule has 3 rings (SSSR count). The number of para-hydroxylation sites is 1. The van der Waals surface area contributed by atoms with Crippen molar-refractivity contribution in [2.24, 2.45) is 0 Å². The Morgan fingerprint density at radius 2 is 1.91 bits per heavy atom. The fraction of sp³-hybridized carbons (Fsp3) is 0.278. The normalized spacial score (nSPS) is 17.5. The number of benzene rings is 2. The van der Waals surface area contributed by atoms with E-state index in [1.54, 1.807) is 0 Å². The van der Waals surface area contributed by atoms with Crippen LogP contribution in [0.5, 0.6) is 5.75 Å². The van der Waals surface area contributed by atoms with Gasteiger partial charge in [0.25, 0.3) is 0 Å². The van der Waals surface area contributed by atoms with E-state index in [4.69, 9.17) is 4.74 Å². The van der Waals surface area contributed by atoms with Crippen LogP contribution in [0.2, 0.25) is 0 Å². The number of nitrogens with one attached hydrogen (secondary N) is 2. The number of carbonyl (C=O) groups is 1. The van der Waals surface area contributed by atoms with Crippen LogP contribution in [0, 0.1) is 0 Å². The van der Waals surface area contributed by atoms with Gasteiger partial charge in [-0.3, -0.25) is 0 Å². The van der Waals surface area contributed by atoms with E-state index in [0.717, 1.165) is 23.3 Å². The Morgan fingerprint density at radius 3 is 2.70 bits per heavy atom. The van der Waals surface area contributed by atoms with Crippen molar-refractivity contribution in [2.75, 3.05) is 13.2 Å². The highest BCUT2D eigenvalue weighted by Crippen LogP contribution is 2.23. The van der Waals surface area contributed by atoms with Crippen LogP contribution < -0.4 is 15.4 Å². The zero-order valence-electron chi connectivity index (χ0n) is 12.7. The molecule has 5 nitrogen and oxygen atoms in total. The predicted octanol–water partition coefficient (Wildman–Crippen LogP) is 2.02. The van der Waals surface area contributed by atoms with Gasteiger partial charge in [-0.15, -0.1) is 0 Å². The molecule has 2 atom stereocenters. The van der Waals surface area contributed by atoms with Gasteiger partial charge in [-0.05, 0) is 23.6 Å². The first-order chi connectivity index (χ1) is 11.3. The van der Waals surface area contributed by atoms with Gasteiger partial charge in [-0.25, -0.2) is 4.79 Å². The summed E-state index contributed by atoms with van der Waals surface area (Å²) >= 11 is 0. The number of hydrogen-bond acceptors (Lipinski definition) is 3. The lowest BCUT2D eigenvalue weighted by atomic mass is 10.0. The van der Waals surface area contributed by atoms with Gasteiger partial charge in [0.1, 0.15) is 12.4 Å². The molecule has 5 heteroatoms. The predicted molar refractivity (Wildman–Crippen MR) is 87.4 cm³/mol. The lowest BCUT2D eigenvalue weighted by Gasteiger charge is -2.27. The second kappa shape index (κ2) is 7.15. The summed E-state index contributed by atoms with van der Waals surface area (Å²) < 4.78 is 5.66. The van der Waals surface area contributed by atoms with Gasteiger partial charge in [0.15, 0.2) is 0 Å². The molecule has 0 bridgehead atoms. The molecule has 23 heavy (non-hydrogen) atoms. The average Bonchev–Trinajstić information content (AvgIpc) is 2.60. The zero-order valence-corrected chi connectivity index (χ0v) is 12.7. The highest BCUT2D eigenvalue weighted by Gasteiger charge is 2.22. The fourth-order valence-electron chi connectivity index (χ4n) is 2.73. The quantitative estimate of drug-likeness (QED) is 0.809. The van der Waals surface area contributed by atoms with Crippen LogP contribution in [0.25, 0.3) is 0 Å². The SMILES string of the molecule is O=C(NC1COc2ccccc2C1)NC(CO)c1ccccc1. The number of aliphatic hydroxyl groups excluding tert-OH is 1. The van der Waals surface area contributed by atoms with Crippen LogP contribution in [-0.2, 0) is 6.42 Å². The van der Waals surface area contributed by atoms with Crippen LogP contribution in [0.4, 0.5) is 4.79 Å². The van der Waals surface area contributed by atoms with Crippen molar-refractivity contribution < 1.29 is 14.6 Å². The van der Waals surface area contributed by atoms with Crippen molar-refractivity contribution in [2.45, 2.75) is 18.5 Å². The molecule has 1 aliphatic rings. The van der Waals surface area contributed by atoms with Crippen molar-refractivity contribution in [1.29, 1.82) is 0 Å². The maximum Gasteiger partial charge on any atom is 0.315 e. The summed E-state index contributed by atoms with van der Waals surface area (Å²) in [7, 11) is 0. The second-order valence-corrected chi connectivity index (χ2v) is 5.58. The largest absolute Gasteiger partial charge is 0.491 e. The first-order valence-corrected chi connectivity index (χ1v) is 7.70. The van der Waals surface area contributed by atoms with E-state index >= 15 is 0 Å². The van der Waals surface area contributed by atoms with Crippen molar-refractivity contribution >= 4 is 6.03 Å². The zero-order chi connectivity index (χ0) is 16.1. The van der Waals surface area contributed by atoms with E-state index in [2.05, 4.69) is 10.6 Å². The molecule has 2 unspecified atom stereocenters. The Labute approximate surface area is 135 Å². The Balaban J connectivity index is 1.57. The van der Waals surface area contributed by atoms with Crippen LogP contribution in [-0.4, -0.2) is 30.4 Å². The summed E-state index contributed by atoms with van der Waals surface area (Å²) in [4.78, 5) is 12.2. The maximum absolute atomic E-state index is 12.2. The molecule has 120 valence electrons. The van der Waals surface area contributed by atoms with E-state index in [1.807, 2.05) is 54.6 Å². The van der Waals surface area contributed by atoms with E-state index in [0.29, 0.717) is 6.61 Å². The fourth-order valence-corrected chi connectivity index (χ4v) is 2.73. The number of ether oxygens (including phenoxy) is 1. The van der Waals surface area contributed by atoms with Crippen LogP contribution >= 0.6 is 0 Å². The molecule has 1 heterocycles. The Bertz CT molecular complexity index is 660. The minimum atomic E-state index is -0.423. The molecule has 0 aliphatic carbocycles. The van der Waals surface area contributed by atoms with Crippen LogP contribution in [0.1, 0.15) is 17.2 Å². The van der Waals surface area contributed by atoms with Gasteiger partial charge in [0.2, 0.25) is 0 Å². The van der Waals surface area contributed by atoms with Gasteiger partial charge in [-0.2, -0.15) is 0 Å². The molecule has 0 radical (unpaired) electrons. The maximum atomic E-state index is 12.2. The van der Waals surface area contributed by atoms with Crippen molar-refractivity contribution in [1.82, 2.24) is 10.6 Å². The first kappa shape index (κ1) is 15.4. The van der Waals surface area contributed by atoms with Crippen molar-refractivity contribution in [3.05, 3.63) is 65.7 Å². The number of rotatable bonds is 4. The van der Waals surface area contributed by atoms with Gasteiger partial charge in [0, 0.05) is 0 Å². The number of aliphatic hydroxyl groups is 1. The summed E-state index contributed by atoms with van der Waals surface area (Å²) in [6.45, 7) is 0.293. The lowest BCUT2D eigenvalue weighted by Crippen LogP contribution is -2.48. The molecule has 0 saturated carbocycles. The minimum absolute atomic E-state index is 0.0833. The number of hydrogen-bond donors (Lipinski definition) is 3. The smallest absolute Gasteiger partial charge is 0.315 e. The minimum Gasteiger partial charge on any atom is -0.491 e. The van der Waals surface area contributed by atoms with E-state index < -0.39 is 6.04 Å². The number of carbonyl (C=O) groups excluding carboxylic acids is 1. The number of fused-ring (bicyclic) bond motifs is 1. The number of amides is 2. The summed E-state index contributed by atoms with van der Waals surface area (Å²) in [6.07, 6.45) is 0.735. The van der Waals surface area contributed by atoms with Crippen molar-refractivity contribution in [3.8, 4) is 5.75 Å². The molecule has 1 aliphatic heterocycles. The summed E-state index contributed by atoms with van der Waals surface area (Å²) in [6, 6.07) is 16.4. The third-order valence-corrected chi connectivity index (χ3v) is 3.90. The lowest BCUT2D eigenvalue weighted by molar-refractivity contribution is 0.201. The van der Waals surface area contributed by atoms with E-state index in [-0.39, 0.29) is 18.7 Å². The molecule has 3 N–H and O–H groups in total. The first-order valence-electron chi connectivity index (χ1n) is 7.70. The number of urea groups is 1. The van der Waals surface area contributed by atoms with Gasteiger partial charge in [0.05, 0.1) is 18.7 Å². The Kier molecular flexibility index (Phi) is 4.78. The molecule has 0 spiro atoms. The van der Waals surface area contributed by atoms with Gasteiger partial charge in [-0.1, -0.05) is 48.5 Å². The molecule has 0 saturated heterocycles. The second-order valence-electron chi connectivity index (χ2n) is 5.58. The standard InChI is InChI=1S/C18H20N2O3/c21-11-16(13-6-2-1-3-7-13)20-18(22)19-15-10-14-8-4-5-9-17(14)23-12-15/h1-9,15-16,21H,10-12H2,(H2,19,20,22). The summed E-state index contributed by atoms with van der Waals surface area (Å²) in [5.41, 5.74) is 1.96. The van der Waals surface area contributed by atoms with E-state index in [9.17, 15) is 9.90 Å². The average molecular weight is 312 g/mol. The summed E-state index contributed by atoms with van der Waals surface area (Å²) in [5, 5.41) is 15.2. The highest BCUT2D eigenvalue weighted by molar-refractivity contribution is 5.75. The molecule has 0 fully saturated rings. The van der Waals surface area contributed by atoms with Crippen LogP contribution in [0.3, 0.4) is 0 Å². The summed E-state index contributed by atoms with van der Waals surface area (Å²) in [5.74, 6) is 0.878. The third kappa shape index (κ3) is 3.81. The Morgan fingerprint density at radius 1 is 1.17 bits per heavy atom. The molecule has 2 aromatic rings.